The van der Waals surface area contributed by atoms with Crippen LogP contribution in [0.15, 0.2) is 76.9 Å². The van der Waals surface area contributed by atoms with Crippen LogP contribution < -0.4 is 5.56 Å². The predicted octanol–water partition coefficient (Wildman–Crippen LogP) is 4.07. The lowest BCUT2D eigenvalue weighted by Gasteiger charge is -2.21. The summed E-state index contributed by atoms with van der Waals surface area (Å²) in [7, 11) is 1.70. The number of hydrogen-bond donors (Lipinski definition) is 0. The SMILES string of the molecule is COCCN(Cc1ccccc1)Cc1cc(=O)n2c(-c3ccccc3)csc2n1. The number of aromatic nitrogens is 2. The first-order chi connectivity index (χ1) is 14.2. The van der Waals surface area contributed by atoms with E-state index in [1.807, 2.05) is 53.9 Å². The van der Waals surface area contributed by atoms with Gasteiger partial charge in [-0.15, -0.1) is 11.3 Å². The zero-order valence-electron chi connectivity index (χ0n) is 16.3. The lowest BCUT2D eigenvalue weighted by Crippen LogP contribution is -2.28. The van der Waals surface area contributed by atoms with Crippen LogP contribution in [0.5, 0.6) is 0 Å². The van der Waals surface area contributed by atoms with Gasteiger partial charge in [-0.25, -0.2) is 4.98 Å². The summed E-state index contributed by atoms with van der Waals surface area (Å²) in [6.45, 7) is 2.78. The van der Waals surface area contributed by atoms with E-state index in [-0.39, 0.29) is 5.56 Å². The van der Waals surface area contributed by atoms with Gasteiger partial charge in [-0.2, -0.15) is 0 Å². The second kappa shape index (κ2) is 9.13. The normalized spacial score (nSPS) is 11.4. The van der Waals surface area contributed by atoms with E-state index in [9.17, 15) is 4.79 Å². The Morgan fingerprint density at radius 3 is 2.48 bits per heavy atom. The van der Waals surface area contributed by atoms with Crippen molar-refractivity contribution >= 4 is 16.3 Å². The number of fused-ring (bicyclic) bond motifs is 1. The molecule has 0 atom stereocenters. The summed E-state index contributed by atoms with van der Waals surface area (Å²) in [6.07, 6.45) is 0. The molecule has 0 aliphatic carbocycles. The Bertz CT molecular complexity index is 1120. The molecule has 0 fully saturated rings. The van der Waals surface area contributed by atoms with Gasteiger partial charge in [-0.3, -0.25) is 14.1 Å². The van der Waals surface area contributed by atoms with Crippen molar-refractivity contribution in [2.24, 2.45) is 0 Å². The molecule has 2 aromatic heterocycles. The number of thiazole rings is 1. The molecule has 2 heterocycles. The van der Waals surface area contributed by atoms with Crippen LogP contribution in [0.1, 0.15) is 11.3 Å². The van der Waals surface area contributed by atoms with Gasteiger partial charge in [-0.1, -0.05) is 60.7 Å². The molecule has 29 heavy (non-hydrogen) atoms. The number of hydrogen-bond acceptors (Lipinski definition) is 5. The highest BCUT2D eigenvalue weighted by atomic mass is 32.1. The van der Waals surface area contributed by atoms with Crippen LogP contribution in [0.4, 0.5) is 0 Å². The Labute approximate surface area is 173 Å². The minimum atomic E-state index is -0.0449. The maximum atomic E-state index is 12.9. The summed E-state index contributed by atoms with van der Waals surface area (Å²) in [4.78, 5) is 20.6. The zero-order valence-corrected chi connectivity index (χ0v) is 17.1. The first-order valence-electron chi connectivity index (χ1n) is 9.55. The van der Waals surface area contributed by atoms with E-state index in [0.717, 1.165) is 35.0 Å². The van der Waals surface area contributed by atoms with Crippen molar-refractivity contribution in [3.8, 4) is 11.3 Å². The lowest BCUT2D eigenvalue weighted by atomic mass is 10.2. The first kappa shape index (κ1) is 19.5. The van der Waals surface area contributed by atoms with Gasteiger partial charge in [-0.05, 0) is 11.1 Å². The molecule has 0 amide bonds. The van der Waals surface area contributed by atoms with Crippen molar-refractivity contribution in [3.63, 3.8) is 0 Å². The van der Waals surface area contributed by atoms with Crippen LogP contribution in [0.2, 0.25) is 0 Å². The second-order valence-electron chi connectivity index (χ2n) is 6.88. The molecule has 4 aromatic rings. The highest BCUT2D eigenvalue weighted by Gasteiger charge is 2.13. The van der Waals surface area contributed by atoms with Gasteiger partial charge in [0.15, 0.2) is 4.96 Å². The van der Waals surface area contributed by atoms with Crippen LogP contribution in [0, 0.1) is 0 Å². The quantitative estimate of drug-likeness (QED) is 0.443. The summed E-state index contributed by atoms with van der Waals surface area (Å²) < 4.78 is 6.96. The van der Waals surface area contributed by atoms with Gasteiger partial charge in [0, 0.05) is 38.2 Å². The minimum absolute atomic E-state index is 0.0449. The van der Waals surface area contributed by atoms with E-state index < -0.39 is 0 Å². The van der Waals surface area contributed by atoms with E-state index in [1.165, 1.54) is 16.9 Å². The molecule has 0 aliphatic rings. The van der Waals surface area contributed by atoms with E-state index in [0.29, 0.717) is 13.2 Å². The Hall–Kier alpha value is -2.80. The Balaban J connectivity index is 1.62. The largest absolute Gasteiger partial charge is 0.383 e. The molecule has 0 radical (unpaired) electrons. The van der Waals surface area contributed by atoms with Gasteiger partial charge in [0.1, 0.15) is 0 Å². The molecule has 0 N–H and O–H groups in total. The molecular weight excluding hydrogens is 382 g/mol. The molecule has 6 heteroatoms. The number of ether oxygens (including phenoxy) is 1. The monoisotopic (exact) mass is 405 g/mol. The number of methoxy groups -OCH3 is 1. The van der Waals surface area contributed by atoms with Crippen molar-refractivity contribution in [1.29, 1.82) is 0 Å². The highest BCUT2D eigenvalue weighted by molar-refractivity contribution is 7.15. The van der Waals surface area contributed by atoms with Gasteiger partial charge in [0.25, 0.3) is 5.56 Å². The van der Waals surface area contributed by atoms with Crippen LogP contribution in [0.3, 0.4) is 0 Å². The summed E-state index contributed by atoms with van der Waals surface area (Å²) in [5, 5.41) is 2.00. The molecule has 2 aromatic carbocycles. The maximum absolute atomic E-state index is 12.9. The van der Waals surface area contributed by atoms with Gasteiger partial charge < -0.3 is 4.74 Å². The highest BCUT2D eigenvalue weighted by Crippen LogP contribution is 2.24. The third-order valence-corrected chi connectivity index (χ3v) is 5.60. The van der Waals surface area contributed by atoms with E-state index >= 15 is 0 Å². The average Bonchev–Trinajstić information content (AvgIpc) is 3.18. The summed E-state index contributed by atoms with van der Waals surface area (Å²) >= 11 is 1.49. The fourth-order valence-electron chi connectivity index (χ4n) is 3.36. The third-order valence-electron chi connectivity index (χ3n) is 4.77. The smallest absolute Gasteiger partial charge is 0.259 e. The molecule has 4 rings (SSSR count). The fraction of sp³-hybridized carbons (Fsp3) is 0.217. The molecule has 5 nitrogen and oxygen atoms in total. The fourth-order valence-corrected chi connectivity index (χ4v) is 4.28. The predicted molar refractivity (Wildman–Crippen MR) is 117 cm³/mol. The van der Waals surface area contributed by atoms with Crippen LogP contribution in [-0.2, 0) is 17.8 Å². The van der Waals surface area contributed by atoms with Crippen molar-refractivity contribution in [1.82, 2.24) is 14.3 Å². The van der Waals surface area contributed by atoms with E-state index in [2.05, 4.69) is 17.0 Å². The Kier molecular flexibility index (Phi) is 6.14. The molecule has 0 aliphatic heterocycles. The van der Waals surface area contributed by atoms with Gasteiger partial charge in [0.05, 0.1) is 18.0 Å². The molecule has 148 valence electrons. The van der Waals surface area contributed by atoms with Crippen molar-refractivity contribution < 1.29 is 4.74 Å². The van der Waals surface area contributed by atoms with Crippen molar-refractivity contribution in [2.75, 3.05) is 20.3 Å². The number of rotatable bonds is 8. The van der Waals surface area contributed by atoms with Crippen molar-refractivity contribution in [3.05, 3.63) is 93.7 Å². The molecule has 0 bridgehead atoms. The third kappa shape index (κ3) is 4.62. The van der Waals surface area contributed by atoms with E-state index in [4.69, 9.17) is 9.72 Å². The van der Waals surface area contributed by atoms with Crippen LogP contribution >= 0.6 is 11.3 Å². The number of nitrogens with zero attached hydrogens (tertiary/aromatic N) is 3. The Morgan fingerprint density at radius 2 is 1.76 bits per heavy atom. The van der Waals surface area contributed by atoms with Crippen LogP contribution in [-0.4, -0.2) is 34.5 Å². The second-order valence-corrected chi connectivity index (χ2v) is 7.72. The molecule has 0 unspecified atom stereocenters. The molecule has 0 saturated carbocycles. The van der Waals surface area contributed by atoms with Crippen LogP contribution in [0.25, 0.3) is 16.2 Å². The summed E-state index contributed by atoms with van der Waals surface area (Å²) in [6, 6.07) is 21.9. The van der Waals surface area contributed by atoms with Crippen molar-refractivity contribution in [2.45, 2.75) is 13.1 Å². The summed E-state index contributed by atoms with van der Waals surface area (Å²) in [5.41, 5.74) is 3.86. The van der Waals surface area contributed by atoms with Gasteiger partial charge in [0.2, 0.25) is 0 Å². The Morgan fingerprint density at radius 1 is 1.03 bits per heavy atom. The molecule has 0 spiro atoms. The minimum Gasteiger partial charge on any atom is -0.383 e. The first-order valence-corrected chi connectivity index (χ1v) is 10.4. The number of benzene rings is 2. The van der Waals surface area contributed by atoms with Gasteiger partial charge >= 0.3 is 0 Å². The standard InChI is InChI=1S/C23H23N3O2S/c1-28-13-12-25(15-18-8-4-2-5-9-18)16-20-14-22(27)26-21(17-29-23(26)24-20)19-10-6-3-7-11-19/h2-11,14,17H,12-13,15-16H2,1H3. The summed E-state index contributed by atoms with van der Waals surface area (Å²) in [5.74, 6) is 0. The topological polar surface area (TPSA) is 46.8 Å². The lowest BCUT2D eigenvalue weighted by molar-refractivity contribution is 0.139. The average molecular weight is 406 g/mol. The molecular formula is C23H23N3O2S. The zero-order chi connectivity index (χ0) is 20.1. The van der Waals surface area contributed by atoms with E-state index in [1.54, 1.807) is 17.6 Å². The molecule has 0 saturated heterocycles. The maximum Gasteiger partial charge on any atom is 0.259 e.